The van der Waals surface area contributed by atoms with Gasteiger partial charge in [-0.3, -0.25) is 0 Å². The molecule has 0 amide bonds. The van der Waals surface area contributed by atoms with Crippen molar-refractivity contribution < 1.29 is 0 Å². The Bertz CT molecular complexity index is 395. The van der Waals surface area contributed by atoms with Gasteiger partial charge in [-0.15, -0.1) is 0 Å². The smallest absolute Gasteiger partial charge is 0.0190 e. The molecule has 23 heavy (non-hydrogen) atoms. The van der Waals surface area contributed by atoms with Crippen LogP contribution in [0.2, 0.25) is 0 Å². The maximum absolute atomic E-state index is 2.43. The van der Waals surface area contributed by atoms with Gasteiger partial charge >= 0.3 is 0 Å². The zero-order chi connectivity index (χ0) is 17.2. The minimum absolute atomic E-state index is 0.710. The minimum Gasteiger partial charge on any atom is -0.0683 e. The minimum atomic E-state index is 0.710. The summed E-state index contributed by atoms with van der Waals surface area (Å²) in [6.07, 6.45) is 10.1. The van der Waals surface area contributed by atoms with Crippen LogP contribution in [-0.4, -0.2) is 0 Å². The van der Waals surface area contributed by atoms with Gasteiger partial charge in [0.25, 0.3) is 0 Å². The molecule has 1 aromatic rings. The summed E-state index contributed by atoms with van der Waals surface area (Å²) in [6, 6.07) is 9.16. The highest BCUT2D eigenvalue weighted by Gasteiger charge is 2.25. The van der Waals surface area contributed by atoms with E-state index in [9.17, 15) is 0 Å². The van der Waals surface area contributed by atoms with Gasteiger partial charge in [0.2, 0.25) is 0 Å². The molecule has 1 fully saturated rings. The quantitative estimate of drug-likeness (QED) is 0.503. The normalized spacial score (nSPS) is 23.6. The Hall–Kier alpha value is -0.780. The summed E-state index contributed by atoms with van der Waals surface area (Å²) in [6.45, 7) is 13.4. The van der Waals surface area contributed by atoms with Crippen LogP contribution in [0.1, 0.15) is 96.6 Å². The van der Waals surface area contributed by atoms with Crippen molar-refractivity contribution in [2.45, 2.75) is 92.4 Å². The summed E-state index contributed by atoms with van der Waals surface area (Å²) >= 11 is 0. The second-order valence-corrected chi connectivity index (χ2v) is 7.58. The second-order valence-electron chi connectivity index (χ2n) is 7.58. The van der Waals surface area contributed by atoms with Crippen molar-refractivity contribution in [2.75, 3.05) is 0 Å². The van der Waals surface area contributed by atoms with E-state index in [-0.39, 0.29) is 0 Å². The lowest BCUT2D eigenvalue weighted by molar-refractivity contribution is 0.194. The molecule has 0 aliphatic heterocycles. The van der Waals surface area contributed by atoms with Crippen LogP contribution in [0.4, 0.5) is 0 Å². The molecule has 0 spiro atoms. The fourth-order valence-electron chi connectivity index (χ4n) is 4.06. The van der Waals surface area contributed by atoms with Crippen LogP contribution in [0.25, 0.3) is 0 Å². The Morgan fingerprint density at radius 1 is 0.957 bits per heavy atom. The number of hydrogen-bond donors (Lipinski definition) is 0. The predicted molar refractivity (Wildman–Crippen MR) is 105 cm³/mol. The molecule has 0 aromatic heterocycles. The van der Waals surface area contributed by atoms with Gasteiger partial charge in [-0.25, -0.2) is 0 Å². The predicted octanol–water partition coefficient (Wildman–Crippen LogP) is 7.76. The maximum Gasteiger partial charge on any atom is -0.0190 e. The van der Waals surface area contributed by atoms with Gasteiger partial charge in [-0.1, -0.05) is 83.7 Å². The molecule has 1 aliphatic carbocycles. The summed E-state index contributed by atoms with van der Waals surface area (Å²) in [7, 11) is 0. The van der Waals surface area contributed by atoms with E-state index in [4.69, 9.17) is 0 Å². The van der Waals surface area contributed by atoms with Crippen molar-refractivity contribution in [2.24, 2.45) is 17.8 Å². The summed E-state index contributed by atoms with van der Waals surface area (Å²) in [4.78, 5) is 0. The summed E-state index contributed by atoms with van der Waals surface area (Å²) < 4.78 is 0. The van der Waals surface area contributed by atoms with Crippen LogP contribution in [0, 0.1) is 24.7 Å². The summed E-state index contributed by atoms with van der Waals surface area (Å²) in [5.74, 6) is 3.66. The Kier molecular flexibility index (Phi) is 9.60. The van der Waals surface area contributed by atoms with Gasteiger partial charge in [0.1, 0.15) is 0 Å². The topological polar surface area (TPSA) is 0 Å². The molecule has 1 saturated carbocycles. The monoisotopic (exact) mass is 316 g/mol. The van der Waals surface area contributed by atoms with Gasteiger partial charge in [0.05, 0.1) is 0 Å². The van der Waals surface area contributed by atoms with Crippen molar-refractivity contribution in [3.8, 4) is 0 Å². The molecule has 0 radical (unpaired) electrons. The van der Waals surface area contributed by atoms with Crippen LogP contribution in [-0.2, 0) is 0 Å². The van der Waals surface area contributed by atoms with E-state index in [2.05, 4.69) is 52.0 Å². The lowest BCUT2D eigenvalue weighted by Gasteiger charge is -2.33. The first-order valence-electron chi connectivity index (χ1n) is 10.2. The first kappa shape index (κ1) is 20.3. The first-order valence-corrected chi connectivity index (χ1v) is 10.2. The first-order chi connectivity index (χ1) is 11.1. The third kappa shape index (κ3) is 6.69. The van der Waals surface area contributed by atoms with Crippen LogP contribution in [0.5, 0.6) is 0 Å². The molecule has 2 atom stereocenters. The lowest BCUT2D eigenvalue weighted by atomic mass is 9.73. The van der Waals surface area contributed by atoms with E-state index in [1.165, 1.54) is 56.1 Å². The van der Waals surface area contributed by atoms with Gasteiger partial charge in [-0.05, 0) is 61.8 Å². The highest BCUT2D eigenvalue weighted by atomic mass is 14.3. The van der Waals surface area contributed by atoms with Crippen molar-refractivity contribution in [1.82, 2.24) is 0 Å². The third-order valence-corrected chi connectivity index (χ3v) is 5.87. The number of hydrogen-bond acceptors (Lipinski definition) is 0. The Labute approximate surface area is 146 Å². The van der Waals surface area contributed by atoms with Gasteiger partial charge in [0.15, 0.2) is 0 Å². The van der Waals surface area contributed by atoms with Gasteiger partial charge in [-0.2, -0.15) is 0 Å². The van der Waals surface area contributed by atoms with Crippen molar-refractivity contribution in [1.29, 1.82) is 0 Å². The molecule has 0 saturated heterocycles. The fraction of sp³-hybridized carbons (Fsp3) is 0.739. The maximum atomic E-state index is 2.43. The SMILES string of the molecule is CC.CCC(CCC(C)c1ccc(C)cc1)C1CCC(C)CC1. The highest BCUT2D eigenvalue weighted by Crippen LogP contribution is 2.37. The van der Waals surface area contributed by atoms with Gasteiger partial charge in [0, 0.05) is 0 Å². The van der Waals surface area contributed by atoms with E-state index in [0.29, 0.717) is 5.92 Å². The molecule has 0 N–H and O–H groups in total. The molecule has 1 aliphatic rings. The van der Waals surface area contributed by atoms with Gasteiger partial charge < -0.3 is 0 Å². The largest absolute Gasteiger partial charge is 0.0683 e. The fourth-order valence-corrected chi connectivity index (χ4v) is 4.06. The zero-order valence-corrected chi connectivity index (χ0v) is 16.6. The molecule has 132 valence electrons. The van der Waals surface area contributed by atoms with Crippen molar-refractivity contribution in [3.05, 3.63) is 35.4 Å². The average molecular weight is 317 g/mol. The Morgan fingerprint density at radius 3 is 2.04 bits per heavy atom. The van der Waals surface area contributed by atoms with E-state index < -0.39 is 0 Å². The van der Waals surface area contributed by atoms with Crippen molar-refractivity contribution in [3.63, 3.8) is 0 Å². The molecule has 0 bridgehead atoms. The van der Waals surface area contributed by atoms with E-state index >= 15 is 0 Å². The lowest BCUT2D eigenvalue weighted by Crippen LogP contribution is -2.21. The number of aryl methyl sites for hydroxylation is 1. The number of benzene rings is 1. The summed E-state index contributed by atoms with van der Waals surface area (Å²) in [5.41, 5.74) is 2.89. The highest BCUT2D eigenvalue weighted by molar-refractivity contribution is 5.23. The molecule has 0 nitrogen and oxygen atoms in total. The molecule has 0 heteroatoms. The molecular formula is C23H40. The standard InChI is InChI=1S/C21H34.C2H6/c1-5-19(21-13-8-17(3)9-14-21)15-10-18(4)20-11-6-16(2)7-12-20;1-2/h6-7,11-12,17-19,21H,5,8-10,13-15H2,1-4H3;1-2H3. The Balaban J connectivity index is 0.00000127. The number of rotatable bonds is 6. The molecule has 2 unspecified atom stereocenters. The zero-order valence-electron chi connectivity index (χ0n) is 16.6. The summed E-state index contributed by atoms with van der Waals surface area (Å²) in [5, 5.41) is 0. The average Bonchev–Trinajstić information content (AvgIpc) is 2.59. The van der Waals surface area contributed by atoms with E-state index in [1.54, 1.807) is 0 Å². The van der Waals surface area contributed by atoms with Crippen LogP contribution in [0.3, 0.4) is 0 Å². The van der Waals surface area contributed by atoms with E-state index in [0.717, 1.165) is 17.8 Å². The van der Waals surface area contributed by atoms with Crippen molar-refractivity contribution >= 4 is 0 Å². The Morgan fingerprint density at radius 2 is 1.52 bits per heavy atom. The second kappa shape index (κ2) is 10.9. The van der Waals surface area contributed by atoms with E-state index in [1.807, 2.05) is 13.8 Å². The molecule has 2 rings (SSSR count). The molecule has 1 aromatic carbocycles. The van der Waals surface area contributed by atoms with Crippen LogP contribution >= 0.6 is 0 Å². The van der Waals surface area contributed by atoms with Crippen LogP contribution < -0.4 is 0 Å². The van der Waals surface area contributed by atoms with Crippen LogP contribution in [0.15, 0.2) is 24.3 Å². The molecule has 0 heterocycles. The third-order valence-electron chi connectivity index (χ3n) is 5.87. The molecular weight excluding hydrogens is 276 g/mol.